The van der Waals surface area contributed by atoms with Crippen molar-refractivity contribution in [3.63, 3.8) is 0 Å². The van der Waals surface area contributed by atoms with E-state index >= 15 is 0 Å². The van der Waals surface area contributed by atoms with E-state index in [2.05, 4.69) is 35.4 Å². The van der Waals surface area contributed by atoms with Gasteiger partial charge in [-0.3, -0.25) is 10.2 Å². The van der Waals surface area contributed by atoms with Gasteiger partial charge in [-0.2, -0.15) is 9.39 Å². The van der Waals surface area contributed by atoms with Crippen molar-refractivity contribution in [1.29, 1.82) is 5.41 Å². The number of hydrogen-bond donors (Lipinski definition) is 1. The molecular weight excluding hydrogens is 500 g/mol. The van der Waals surface area contributed by atoms with Gasteiger partial charge in [0.25, 0.3) is 5.91 Å². The van der Waals surface area contributed by atoms with E-state index in [1.807, 2.05) is 12.1 Å². The van der Waals surface area contributed by atoms with Crippen molar-refractivity contribution < 1.29 is 22.7 Å². The predicted octanol–water partition coefficient (Wildman–Crippen LogP) is 4.28. The number of amidine groups is 3. The van der Waals surface area contributed by atoms with E-state index in [0.29, 0.717) is 30.4 Å². The van der Waals surface area contributed by atoms with Crippen molar-refractivity contribution in [2.45, 2.75) is 26.2 Å². The molecule has 0 radical (unpaired) electrons. The molecule has 2 heterocycles. The first-order chi connectivity index (χ1) is 17.2. The van der Waals surface area contributed by atoms with Crippen LogP contribution in [-0.4, -0.2) is 54.9 Å². The second-order valence-corrected chi connectivity index (χ2v) is 11.0. The molecule has 36 heavy (non-hydrogen) atoms. The number of rotatable bonds is 8. The topological polar surface area (TPSA) is 121 Å². The molecule has 1 atom stereocenters. The van der Waals surface area contributed by atoms with Crippen LogP contribution in [0.5, 0.6) is 11.5 Å². The fourth-order valence-electron chi connectivity index (χ4n) is 3.51. The molecule has 0 saturated carbocycles. The summed E-state index contributed by atoms with van der Waals surface area (Å²) < 4.78 is 39.3. The van der Waals surface area contributed by atoms with Gasteiger partial charge in [0, 0.05) is 6.26 Å². The quantitative estimate of drug-likeness (QED) is 0.310. The number of nitrogens with zero attached hydrogens (tertiary/aromatic N) is 3. The third-order valence-electron chi connectivity index (χ3n) is 5.70. The minimum atomic E-state index is -3.69. The number of carbonyl (C=O) groups is 1. The van der Waals surface area contributed by atoms with Gasteiger partial charge in [0.2, 0.25) is 20.2 Å². The second kappa shape index (κ2) is 10.7. The Hall–Kier alpha value is -3.44. The molecule has 2 aromatic rings. The van der Waals surface area contributed by atoms with Gasteiger partial charge in [0.1, 0.15) is 30.5 Å². The maximum atomic E-state index is 12.5. The molecule has 188 valence electrons. The molecule has 2 aromatic carbocycles. The van der Waals surface area contributed by atoms with Crippen LogP contribution >= 0.6 is 11.9 Å². The van der Waals surface area contributed by atoms with Gasteiger partial charge in [-0.25, -0.2) is 13.3 Å². The zero-order valence-electron chi connectivity index (χ0n) is 20.1. The Balaban J connectivity index is 1.34. The molecule has 2 aliphatic heterocycles. The molecule has 0 saturated heterocycles. The van der Waals surface area contributed by atoms with Crippen LogP contribution in [0.1, 0.15) is 37.3 Å². The average Bonchev–Trinajstić information content (AvgIpc) is 3.30. The van der Waals surface area contributed by atoms with E-state index in [9.17, 15) is 13.2 Å². The Bertz CT molecular complexity index is 1360. The number of carbonyl (C=O) groups excluding carboxylic acids is 1. The van der Waals surface area contributed by atoms with Crippen molar-refractivity contribution in [2.24, 2.45) is 9.39 Å². The Labute approximate surface area is 214 Å². The maximum Gasteiger partial charge on any atom is 0.283 e. The summed E-state index contributed by atoms with van der Waals surface area (Å²) in [5.41, 5.74) is 1.90. The van der Waals surface area contributed by atoms with Crippen LogP contribution in [0.25, 0.3) is 6.08 Å². The Kier molecular flexibility index (Phi) is 7.60. The van der Waals surface area contributed by atoms with Gasteiger partial charge >= 0.3 is 0 Å². The SMILES string of the molecule is CC[C@H](C)c1ccc(OCCOc2ccc(/C=C3/C(=N)N4C(=NC3=O)SN=C4S(C)(=O)=O)cc2)cc1. The highest BCUT2D eigenvalue weighted by Gasteiger charge is 2.41. The van der Waals surface area contributed by atoms with Crippen LogP contribution in [0.2, 0.25) is 0 Å². The van der Waals surface area contributed by atoms with Crippen LogP contribution in [-0.2, 0) is 14.6 Å². The summed E-state index contributed by atoms with van der Waals surface area (Å²) in [7, 11) is -3.69. The summed E-state index contributed by atoms with van der Waals surface area (Å²) in [6.07, 6.45) is 3.58. The number of nitrogens with one attached hydrogen (secondary N) is 1. The molecule has 0 fully saturated rings. The van der Waals surface area contributed by atoms with Crippen LogP contribution < -0.4 is 9.47 Å². The molecule has 2 aliphatic rings. The van der Waals surface area contributed by atoms with E-state index in [-0.39, 0.29) is 21.7 Å². The Morgan fingerprint density at radius 1 is 1.06 bits per heavy atom. The lowest BCUT2D eigenvalue weighted by molar-refractivity contribution is -0.114. The lowest BCUT2D eigenvalue weighted by Gasteiger charge is -2.23. The molecule has 11 heteroatoms. The smallest absolute Gasteiger partial charge is 0.283 e. The zero-order chi connectivity index (χ0) is 25.9. The highest BCUT2D eigenvalue weighted by atomic mass is 32.2. The summed E-state index contributed by atoms with van der Waals surface area (Å²) in [5.74, 6) is 1.03. The number of fused-ring (bicyclic) bond motifs is 1. The van der Waals surface area contributed by atoms with Gasteiger partial charge in [-0.05, 0) is 53.8 Å². The highest BCUT2D eigenvalue weighted by molar-refractivity contribution is 8.16. The van der Waals surface area contributed by atoms with E-state index < -0.39 is 15.7 Å². The minimum Gasteiger partial charge on any atom is -0.490 e. The van der Waals surface area contributed by atoms with Crippen molar-refractivity contribution in [1.82, 2.24) is 4.90 Å². The van der Waals surface area contributed by atoms with Gasteiger partial charge in [0.05, 0.1) is 17.5 Å². The maximum absolute atomic E-state index is 12.5. The van der Waals surface area contributed by atoms with E-state index in [1.54, 1.807) is 24.3 Å². The summed E-state index contributed by atoms with van der Waals surface area (Å²) in [5, 5.41) is 8.13. The average molecular weight is 527 g/mol. The molecular formula is C25H26N4O5S2. The van der Waals surface area contributed by atoms with Gasteiger partial charge in [-0.1, -0.05) is 38.1 Å². The largest absolute Gasteiger partial charge is 0.490 e. The summed E-state index contributed by atoms with van der Waals surface area (Å²) in [6.45, 7) is 5.11. The van der Waals surface area contributed by atoms with Crippen molar-refractivity contribution >= 4 is 49.9 Å². The van der Waals surface area contributed by atoms with Crippen LogP contribution in [0.15, 0.2) is 63.5 Å². The standard InChI is InChI=1S/C25H26N4O5S2/c1-4-16(2)18-7-11-20(12-8-18)34-14-13-33-19-9-5-17(6-10-19)15-21-22(26)29-24(27-23(21)30)35-28-25(29)36(3,31)32/h5-12,15-16,26H,4,13-14H2,1-3H3/b21-15-,26-22?/t16-/m0/s1. The first kappa shape index (κ1) is 25.6. The first-order valence-electron chi connectivity index (χ1n) is 11.3. The number of hydrogen-bond acceptors (Lipinski definition) is 8. The highest BCUT2D eigenvalue weighted by Crippen LogP contribution is 2.30. The Morgan fingerprint density at radius 3 is 2.19 bits per heavy atom. The molecule has 1 N–H and O–H groups in total. The van der Waals surface area contributed by atoms with Crippen LogP contribution in [0.4, 0.5) is 0 Å². The first-order valence-corrected chi connectivity index (χ1v) is 14.0. The molecule has 0 spiro atoms. The second-order valence-electron chi connectivity index (χ2n) is 8.32. The zero-order valence-corrected chi connectivity index (χ0v) is 21.7. The molecule has 0 aliphatic carbocycles. The summed E-state index contributed by atoms with van der Waals surface area (Å²) in [6, 6.07) is 15.1. The third kappa shape index (κ3) is 5.68. The van der Waals surface area contributed by atoms with Crippen molar-refractivity contribution in [2.75, 3.05) is 19.5 Å². The molecule has 0 aromatic heterocycles. The van der Waals surface area contributed by atoms with Crippen molar-refractivity contribution in [3.05, 3.63) is 65.2 Å². The summed E-state index contributed by atoms with van der Waals surface area (Å²) >= 11 is 0.759. The lowest BCUT2D eigenvalue weighted by atomic mass is 9.99. The number of amides is 1. The normalized spacial score (nSPS) is 17.5. The third-order valence-corrected chi connectivity index (χ3v) is 7.45. The number of ether oxygens (including phenoxy) is 2. The van der Waals surface area contributed by atoms with Crippen LogP contribution in [0.3, 0.4) is 0 Å². The lowest BCUT2D eigenvalue weighted by Crippen LogP contribution is -2.45. The van der Waals surface area contributed by atoms with Gasteiger partial charge < -0.3 is 9.47 Å². The molecule has 9 nitrogen and oxygen atoms in total. The number of aliphatic imine (C=N–C) groups is 1. The van der Waals surface area contributed by atoms with E-state index in [4.69, 9.17) is 14.9 Å². The molecule has 0 bridgehead atoms. The number of benzene rings is 2. The molecule has 0 unspecified atom stereocenters. The fourth-order valence-corrected chi connectivity index (χ4v) is 5.36. The van der Waals surface area contributed by atoms with Gasteiger partial charge in [0.15, 0.2) is 0 Å². The van der Waals surface area contributed by atoms with Crippen molar-refractivity contribution in [3.8, 4) is 11.5 Å². The molecule has 1 amide bonds. The monoisotopic (exact) mass is 526 g/mol. The Morgan fingerprint density at radius 2 is 1.64 bits per heavy atom. The van der Waals surface area contributed by atoms with E-state index in [0.717, 1.165) is 35.3 Å². The fraction of sp³-hybridized carbons (Fsp3) is 0.280. The summed E-state index contributed by atoms with van der Waals surface area (Å²) in [4.78, 5) is 17.4. The van der Waals surface area contributed by atoms with Gasteiger partial charge in [-0.15, -0.1) is 0 Å². The molecule has 4 rings (SSSR count). The van der Waals surface area contributed by atoms with E-state index in [1.165, 1.54) is 11.6 Å². The number of sulfone groups is 1. The van der Waals surface area contributed by atoms with Crippen LogP contribution in [0, 0.1) is 5.41 Å². The predicted molar refractivity (Wildman–Crippen MR) is 142 cm³/mol. The minimum absolute atomic E-state index is 0.0287.